The number of aliphatic hydroxyl groups excluding tert-OH is 1. The molecule has 10 nitrogen and oxygen atoms in total. The molecule has 1 aromatic heterocycles. The topological polar surface area (TPSA) is 131 Å². The molecule has 2 N–H and O–H groups in total. The summed E-state index contributed by atoms with van der Waals surface area (Å²) in [6.07, 6.45) is -6.50. The molecular formula is C12H17F3N3O7P. The highest BCUT2D eigenvalue weighted by Gasteiger charge is 2.48. The number of H-pyrrole nitrogens is 1. The summed E-state index contributed by atoms with van der Waals surface area (Å²) in [6.45, 7) is -0.109. The van der Waals surface area contributed by atoms with Crippen molar-refractivity contribution in [2.75, 3.05) is 20.8 Å². The zero-order chi connectivity index (χ0) is 20.3. The van der Waals surface area contributed by atoms with E-state index in [1.165, 1.54) is 0 Å². The maximum absolute atomic E-state index is 12.9. The average molecular weight is 403 g/mol. The van der Waals surface area contributed by atoms with Crippen molar-refractivity contribution in [2.24, 2.45) is 0 Å². The molecule has 14 heteroatoms. The lowest BCUT2D eigenvalue weighted by molar-refractivity contribution is -0.188. The molecule has 1 rings (SSSR count). The summed E-state index contributed by atoms with van der Waals surface area (Å²) in [4.78, 5) is 36.2. The van der Waals surface area contributed by atoms with Gasteiger partial charge in [0.2, 0.25) is 0 Å². The number of alkyl halides is 3. The van der Waals surface area contributed by atoms with E-state index in [1.807, 2.05) is 0 Å². The Morgan fingerprint density at radius 2 is 1.92 bits per heavy atom. The number of rotatable bonds is 7. The van der Waals surface area contributed by atoms with Crippen molar-refractivity contribution in [1.29, 1.82) is 0 Å². The first-order chi connectivity index (χ1) is 11.9. The molecule has 0 radical (unpaired) electrons. The molecule has 148 valence electrons. The normalized spacial score (nSPS) is 14.7. The summed E-state index contributed by atoms with van der Waals surface area (Å²) in [7, 11) is -2.34. The summed E-state index contributed by atoms with van der Waals surface area (Å²) in [5.74, 6) is -4.16. The molecular weight excluding hydrogens is 386 g/mol. The molecule has 0 saturated carbocycles. The van der Waals surface area contributed by atoms with Crippen LogP contribution in [0.5, 0.6) is 0 Å². The summed E-state index contributed by atoms with van der Waals surface area (Å²) in [6, 6.07) is 0.846. The van der Waals surface area contributed by atoms with Gasteiger partial charge >= 0.3 is 25.4 Å². The fourth-order valence-corrected chi connectivity index (χ4v) is 3.34. The van der Waals surface area contributed by atoms with Gasteiger partial charge in [0, 0.05) is 26.5 Å². The number of halogens is 3. The van der Waals surface area contributed by atoms with Crippen LogP contribution in [-0.4, -0.2) is 58.2 Å². The third-order valence-corrected chi connectivity index (χ3v) is 5.67. The third kappa shape index (κ3) is 4.81. The Morgan fingerprint density at radius 3 is 2.35 bits per heavy atom. The molecule has 26 heavy (non-hydrogen) atoms. The number of nitrogens with zero attached hydrogens (tertiary/aromatic N) is 2. The van der Waals surface area contributed by atoms with Crippen molar-refractivity contribution in [1.82, 2.24) is 14.5 Å². The second kappa shape index (κ2) is 8.16. The van der Waals surface area contributed by atoms with Gasteiger partial charge in [-0.15, -0.1) is 0 Å². The van der Waals surface area contributed by atoms with E-state index in [2.05, 4.69) is 9.05 Å². The fraction of sp³-hybridized carbons (Fsp3) is 0.583. The van der Waals surface area contributed by atoms with Crippen LogP contribution in [0.15, 0.2) is 21.9 Å². The molecule has 0 bridgehead atoms. The van der Waals surface area contributed by atoms with Gasteiger partial charge in [-0.25, -0.2) is 4.79 Å². The molecule has 0 spiro atoms. The minimum Gasteiger partial charge on any atom is -0.371 e. The molecule has 0 aromatic carbocycles. The lowest BCUT2D eigenvalue weighted by Gasteiger charge is -2.34. The molecule has 0 fully saturated rings. The Kier molecular flexibility index (Phi) is 6.94. The first-order valence-electron chi connectivity index (χ1n) is 6.96. The number of aromatic nitrogens is 2. The van der Waals surface area contributed by atoms with E-state index >= 15 is 0 Å². The zero-order valence-corrected chi connectivity index (χ0v) is 14.8. The van der Waals surface area contributed by atoms with Gasteiger partial charge in [-0.2, -0.15) is 13.2 Å². The van der Waals surface area contributed by atoms with Gasteiger partial charge in [0.25, 0.3) is 5.56 Å². The number of aromatic amines is 1. The van der Waals surface area contributed by atoms with Crippen LogP contribution in [0.25, 0.3) is 0 Å². The number of carbonyl (C=O) groups is 1. The van der Waals surface area contributed by atoms with Gasteiger partial charge in [-0.1, -0.05) is 0 Å². The van der Waals surface area contributed by atoms with Gasteiger partial charge < -0.3 is 19.1 Å². The molecule has 1 aromatic rings. The van der Waals surface area contributed by atoms with Gasteiger partial charge in [0.15, 0.2) is 6.23 Å². The predicted octanol–water partition coefficient (Wildman–Crippen LogP) is 0.250. The second-order valence-corrected chi connectivity index (χ2v) is 7.55. The smallest absolute Gasteiger partial charge is 0.371 e. The van der Waals surface area contributed by atoms with Crippen LogP contribution >= 0.6 is 7.60 Å². The lowest BCUT2D eigenvalue weighted by Crippen LogP contribution is -2.49. The Bertz CT molecular complexity index is 798. The van der Waals surface area contributed by atoms with Crippen LogP contribution in [0.1, 0.15) is 13.2 Å². The lowest BCUT2D eigenvalue weighted by atomic mass is 10.4. The summed E-state index contributed by atoms with van der Waals surface area (Å²) in [5, 5.41) is 10.0. The predicted molar refractivity (Wildman–Crippen MR) is 81.4 cm³/mol. The molecule has 0 aliphatic carbocycles. The molecule has 0 aliphatic heterocycles. The summed E-state index contributed by atoms with van der Waals surface area (Å²) >= 11 is 0. The molecule has 2 atom stereocenters. The third-order valence-electron chi connectivity index (χ3n) is 3.45. The van der Waals surface area contributed by atoms with Crippen molar-refractivity contribution in [3.8, 4) is 0 Å². The molecule has 0 aliphatic rings. The van der Waals surface area contributed by atoms with E-state index in [9.17, 15) is 37.2 Å². The van der Waals surface area contributed by atoms with E-state index < -0.39 is 49.5 Å². The number of hydrogen-bond donors (Lipinski definition) is 2. The first kappa shape index (κ1) is 22.1. The van der Waals surface area contributed by atoms with E-state index in [0.717, 1.165) is 33.4 Å². The Hall–Kier alpha value is -1.95. The van der Waals surface area contributed by atoms with Crippen molar-refractivity contribution < 1.29 is 36.7 Å². The minimum atomic E-state index is -5.35. The number of amides is 1. The highest BCUT2D eigenvalue weighted by atomic mass is 31.2. The summed E-state index contributed by atoms with van der Waals surface area (Å²) in [5.41, 5.74) is -1.91. The molecule has 0 saturated heterocycles. The van der Waals surface area contributed by atoms with Crippen molar-refractivity contribution in [2.45, 2.75) is 25.1 Å². The van der Waals surface area contributed by atoms with Crippen LogP contribution in [0.4, 0.5) is 13.2 Å². The monoisotopic (exact) mass is 403 g/mol. The SMILES string of the molecule is COP(=O)(OC)C(C)N(CC(O)n1ccc(=O)[nH]c1=O)C(=O)C(F)(F)F. The van der Waals surface area contributed by atoms with Gasteiger partial charge in [-0.05, 0) is 6.92 Å². The molecule has 1 amide bonds. The van der Waals surface area contributed by atoms with E-state index in [0.29, 0.717) is 4.57 Å². The summed E-state index contributed by atoms with van der Waals surface area (Å²) < 4.78 is 60.7. The Balaban J connectivity index is 3.29. The van der Waals surface area contributed by atoms with E-state index in [1.54, 1.807) is 4.98 Å². The standard InChI is InChI=1S/C12H17F3N3O7P/c1-7(26(23,24-2)25-3)18(10(21)12(13,14)15)6-9(20)17-5-4-8(19)16-11(17)22/h4-5,7,9,20H,6H2,1-3H3,(H,16,19,22). The van der Waals surface area contributed by atoms with Crippen molar-refractivity contribution in [3.05, 3.63) is 33.1 Å². The highest BCUT2D eigenvalue weighted by molar-refractivity contribution is 7.54. The number of nitrogens with one attached hydrogen (secondary N) is 1. The number of aliphatic hydroxyl groups is 1. The van der Waals surface area contributed by atoms with E-state index in [4.69, 9.17) is 0 Å². The van der Waals surface area contributed by atoms with Crippen molar-refractivity contribution in [3.63, 3.8) is 0 Å². The number of carbonyl (C=O) groups excluding carboxylic acids is 1. The van der Waals surface area contributed by atoms with Crippen LogP contribution < -0.4 is 11.2 Å². The molecule has 1 heterocycles. The highest BCUT2D eigenvalue weighted by Crippen LogP contribution is 2.53. The second-order valence-electron chi connectivity index (χ2n) is 4.99. The van der Waals surface area contributed by atoms with Crippen LogP contribution in [0.3, 0.4) is 0 Å². The quantitative estimate of drug-likeness (QED) is 0.624. The minimum absolute atomic E-state index is 0.0238. The zero-order valence-electron chi connectivity index (χ0n) is 13.9. The van der Waals surface area contributed by atoms with Gasteiger partial charge in [-0.3, -0.25) is 23.7 Å². The molecule has 2 unspecified atom stereocenters. The first-order valence-corrected chi connectivity index (χ1v) is 8.57. The van der Waals surface area contributed by atoms with Gasteiger partial charge in [0.05, 0.1) is 6.54 Å². The Labute approximate surface area is 144 Å². The van der Waals surface area contributed by atoms with Crippen LogP contribution in [-0.2, 0) is 18.4 Å². The number of hydrogen-bond acceptors (Lipinski definition) is 7. The van der Waals surface area contributed by atoms with E-state index in [-0.39, 0.29) is 4.90 Å². The largest absolute Gasteiger partial charge is 0.471 e. The average Bonchev–Trinajstić information content (AvgIpc) is 2.56. The van der Waals surface area contributed by atoms with Crippen molar-refractivity contribution >= 4 is 13.5 Å². The maximum Gasteiger partial charge on any atom is 0.471 e. The Morgan fingerprint density at radius 1 is 1.38 bits per heavy atom. The van der Waals surface area contributed by atoms with Gasteiger partial charge in [0.1, 0.15) is 5.78 Å². The van der Waals surface area contributed by atoms with Crippen LogP contribution in [0.2, 0.25) is 0 Å². The fourth-order valence-electron chi connectivity index (χ4n) is 2.04. The van der Waals surface area contributed by atoms with Crippen LogP contribution in [0, 0.1) is 0 Å². The maximum atomic E-state index is 12.9.